The van der Waals surface area contributed by atoms with Crippen molar-refractivity contribution >= 4 is 41.7 Å². The molecule has 0 radical (unpaired) electrons. The van der Waals surface area contributed by atoms with Crippen molar-refractivity contribution in [2.45, 2.75) is 114 Å². The Labute approximate surface area is 268 Å². The number of fused-ring (bicyclic) bond motifs is 2. The molecule has 1 saturated carbocycles. The molecule has 3 aliphatic rings. The fourth-order valence-electron chi connectivity index (χ4n) is 6.30. The maximum absolute atomic E-state index is 13.6. The highest BCUT2D eigenvalue weighted by molar-refractivity contribution is 7.63. The lowest BCUT2D eigenvalue weighted by atomic mass is 10.1. The van der Waals surface area contributed by atoms with E-state index in [-0.39, 0.29) is 24.4 Å². The minimum atomic E-state index is -2.94. The molecule has 2 aliphatic heterocycles. The molecule has 13 nitrogen and oxygen atoms in total. The zero-order valence-electron chi connectivity index (χ0n) is 27.1. The Morgan fingerprint density at radius 3 is 2.51 bits per heavy atom. The highest BCUT2D eigenvalue weighted by Gasteiger charge is 2.57. The van der Waals surface area contributed by atoms with E-state index in [0.717, 1.165) is 25.7 Å². The van der Waals surface area contributed by atoms with Crippen LogP contribution >= 0.6 is 18.7 Å². The number of carbonyl (C=O) groups excluding carboxylic acids is 1. The fourth-order valence-corrected chi connectivity index (χ4v) is 7.76. The quantitative estimate of drug-likeness (QED) is 0.195. The first kappa shape index (κ1) is 34.2. The summed E-state index contributed by atoms with van der Waals surface area (Å²) in [6, 6.07) is -0.117. The zero-order valence-corrected chi connectivity index (χ0v) is 28.7. The van der Waals surface area contributed by atoms with Gasteiger partial charge < -0.3 is 33.4 Å². The van der Waals surface area contributed by atoms with Gasteiger partial charge in [-0.15, -0.1) is 6.58 Å². The molecule has 0 aromatic carbocycles. The molecule has 0 spiro atoms. The van der Waals surface area contributed by atoms with Crippen molar-refractivity contribution < 1.29 is 38.2 Å². The van der Waals surface area contributed by atoms with Crippen molar-refractivity contribution in [3.05, 3.63) is 24.1 Å². The van der Waals surface area contributed by atoms with E-state index in [9.17, 15) is 14.5 Å². The minimum Gasteiger partial charge on any atom is -0.443 e. The van der Waals surface area contributed by atoms with E-state index < -0.39 is 61.1 Å². The summed E-state index contributed by atoms with van der Waals surface area (Å²) in [7, 11) is -2.94. The number of aromatic nitrogens is 4. The van der Waals surface area contributed by atoms with Gasteiger partial charge in [-0.25, -0.2) is 9.48 Å². The monoisotopic (exact) mass is 669 g/mol. The smallest absolute Gasteiger partial charge is 0.416 e. The van der Waals surface area contributed by atoms with Crippen molar-refractivity contribution in [2.75, 3.05) is 31.4 Å². The number of nitrogens with zero attached hydrogens (tertiary/aromatic N) is 5. The van der Waals surface area contributed by atoms with Crippen molar-refractivity contribution in [1.29, 1.82) is 0 Å². The molecule has 5 atom stereocenters. The topological polar surface area (TPSA) is 147 Å². The second-order valence-corrected chi connectivity index (χ2v) is 17.7. The van der Waals surface area contributed by atoms with E-state index in [0.29, 0.717) is 16.9 Å². The first-order chi connectivity index (χ1) is 21.0. The number of aliphatic hydroxyl groups is 1. The lowest BCUT2D eigenvalue weighted by Gasteiger charge is -2.36. The van der Waals surface area contributed by atoms with Crippen LogP contribution in [-0.4, -0.2) is 98.6 Å². The molecule has 2 aromatic rings. The maximum Gasteiger partial charge on any atom is 0.416 e. The van der Waals surface area contributed by atoms with Gasteiger partial charge in [0.05, 0.1) is 24.8 Å². The Morgan fingerprint density at radius 1 is 1.24 bits per heavy atom. The third-order valence-corrected chi connectivity index (χ3v) is 11.1. The van der Waals surface area contributed by atoms with Gasteiger partial charge in [0.15, 0.2) is 23.5 Å². The van der Waals surface area contributed by atoms with Gasteiger partial charge in [-0.1, -0.05) is 18.9 Å². The standard InChI is InChI=1S/C30H45ClN5O8P/c1-9-14-30(17-37,45(7,8)39)40-16-20-21-22(43-29(5,6)42-21)25(41-20)36-24-19(15-32-36)23(33-26(31)34-24)35(18-12-10-11-13-18)27(38)44-28(2,3)4/h9,15,18,20-22,25,37H,1,10-14,16-17H2,2-8H3/t20-,21-,22-,25-,30?/m1/s1. The van der Waals surface area contributed by atoms with E-state index in [1.54, 1.807) is 49.0 Å². The Hall–Kier alpha value is -2.12. The third-order valence-electron chi connectivity index (χ3n) is 8.49. The highest BCUT2D eigenvalue weighted by atomic mass is 35.5. The van der Waals surface area contributed by atoms with Gasteiger partial charge in [-0.3, -0.25) is 4.90 Å². The van der Waals surface area contributed by atoms with Crippen LogP contribution in [-0.2, 0) is 28.2 Å². The number of carbonyl (C=O) groups is 1. The summed E-state index contributed by atoms with van der Waals surface area (Å²) in [4.78, 5) is 24.2. The average Bonchev–Trinajstić information content (AvgIpc) is 3.70. The second-order valence-electron chi connectivity index (χ2n) is 13.8. The Bertz CT molecular complexity index is 1470. The van der Waals surface area contributed by atoms with Crippen LogP contribution in [0, 0.1) is 0 Å². The average molecular weight is 670 g/mol. The van der Waals surface area contributed by atoms with Crippen LogP contribution in [0.2, 0.25) is 5.28 Å². The van der Waals surface area contributed by atoms with Crippen molar-refractivity contribution in [3.8, 4) is 0 Å². The van der Waals surface area contributed by atoms with Crippen LogP contribution < -0.4 is 4.90 Å². The first-order valence-electron chi connectivity index (χ1n) is 15.3. The number of halogens is 1. The van der Waals surface area contributed by atoms with Crippen LogP contribution in [0.5, 0.6) is 0 Å². The van der Waals surface area contributed by atoms with Gasteiger partial charge in [0.2, 0.25) is 5.28 Å². The van der Waals surface area contributed by atoms with Gasteiger partial charge in [-0.2, -0.15) is 15.1 Å². The molecule has 1 N–H and O–H groups in total. The lowest BCUT2D eigenvalue weighted by molar-refractivity contribution is -0.206. The third kappa shape index (κ3) is 6.81. The van der Waals surface area contributed by atoms with Gasteiger partial charge in [0, 0.05) is 12.5 Å². The summed E-state index contributed by atoms with van der Waals surface area (Å²) in [5.41, 5.74) is -0.370. The summed E-state index contributed by atoms with van der Waals surface area (Å²) >= 11 is 6.50. The van der Waals surface area contributed by atoms with Gasteiger partial charge >= 0.3 is 6.09 Å². The molecule has 1 aliphatic carbocycles. The van der Waals surface area contributed by atoms with Gasteiger partial charge in [0.25, 0.3) is 0 Å². The number of hydrogen-bond donors (Lipinski definition) is 1. The number of amides is 1. The summed E-state index contributed by atoms with van der Waals surface area (Å²) in [6.07, 6.45) is 3.73. The van der Waals surface area contributed by atoms with Crippen LogP contribution in [0.3, 0.4) is 0 Å². The SMILES string of the molecule is C=CCC(CO)(OC[C@H]1O[C@@H](n2ncc3c(N(C(=O)OC(C)(C)C)C4CCCC4)nc(Cl)nc32)[C@@H]2OC(C)(C)O[C@@H]21)P(C)(C)=O. The summed E-state index contributed by atoms with van der Waals surface area (Å²) in [6.45, 7) is 15.5. The van der Waals surface area contributed by atoms with Crippen molar-refractivity contribution in [1.82, 2.24) is 19.7 Å². The molecule has 15 heteroatoms. The van der Waals surface area contributed by atoms with Crippen LogP contribution in [0.1, 0.15) is 73.0 Å². The Morgan fingerprint density at radius 2 is 1.91 bits per heavy atom. The van der Waals surface area contributed by atoms with Crippen molar-refractivity contribution in [2.24, 2.45) is 0 Å². The number of anilines is 1. The predicted octanol–water partition coefficient (Wildman–Crippen LogP) is 5.49. The van der Waals surface area contributed by atoms with E-state index in [4.69, 9.17) is 35.3 Å². The Balaban J connectivity index is 1.51. The summed E-state index contributed by atoms with van der Waals surface area (Å²) in [5.74, 6) is -0.624. The fraction of sp³-hybridized carbons (Fsp3) is 0.733. The molecule has 250 valence electrons. The maximum atomic E-state index is 13.6. The molecule has 4 heterocycles. The molecule has 3 fully saturated rings. The molecule has 5 rings (SSSR count). The largest absolute Gasteiger partial charge is 0.443 e. The number of rotatable bonds is 10. The lowest BCUT2D eigenvalue weighted by Crippen LogP contribution is -2.43. The first-order valence-corrected chi connectivity index (χ1v) is 18.3. The number of ether oxygens (including phenoxy) is 5. The zero-order chi connectivity index (χ0) is 32.9. The van der Waals surface area contributed by atoms with E-state index in [1.807, 2.05) is 20.8 Å². The van der Waals surface area contributed by atoms with Crippen LogP contribution in [0.25, 0.3) is 11.0 Å². The van der Waals surface area contributed by atoms with Crippen LogP contribution in [0.4, 0.5) is 10.6 Å². The Kier molecular flexibility index (Phi) is 9.49. The molecular formula is C30H45ClN5O8P. The number of hydrogen-bond acceptors (Lipinski definition) is 11. The summed E-state index contributed by atoms with van der Waals surface area (Å²) < 4.78 is 45.8. The predicted molar refractivity (Wildman–Crippen MR) is 169 cm³/mol. The molecule has 45 heavy (non-hydrogen) atoms. The molecular weight excluding hydrogens is 625 g/mol. The number of aliphatic hydroxyl groups excluding tert-OH is 1. The molecule has 0 bridgehead atoms. The van der Waals surface area contributed by atoms with Crippen LogP contribution in [0.15, 0.2) is 18.9 Å². The summed E-state index contributed by atoms with van der Waals surface area (Å²) in [5, 5.41) is 14.0. The molecule has 2 saturated heterocycles. The van der Waals surface area contributed by atoms with Gasteiger partial charge in [-0.05, 0) is 72.4 Å². The molecule has 2 aromatic heterocycles. The van der Waals surface area contributed by atoms with E-state index >= 15 is 0 Å². The highest BCUT2D eigenvalue weighted by Crippen LogP contribution is 2.55. The van der Waals surface area contributed by atoms with E-state index in [2.05, 4.69) is 21.6 Å². The molecule has 1 amide bonds. The van der Waals surface area contributed by atoms with Gasteiger partial charge in [0.1, 0.15) is 36.4 Å². The van der Waals surface area contributed by atoms with Crippen molar-refractivity contribution in [3.63, 3.8) is 0 Å². The normalized spacial score (nSPS) is 26.6. The minimum absolute atomic E-state index is 0.0362. The van der Waals surface area contributed by atoms with E-state index in [1.165, 1.54) is 0 Å². The molecule has 1 unspecified atom stereocenters. The second kappa shape index (κ2) is 12.5.